The third-order valence-corrected chi connectivity index (χ3v) is 4.93. The lowest BCUT2D eigenvalue weighted by atomic mass is 10.1. The highest BCUT2D eigenvalue weighted by atomic mass is 16.5. The fourth-order valence-electron chi connectivity index (χ4n) is 3.42. The van der Waals surface area contributed by atoms with Crippen LogP contribution in [-0.4, -0.2) is 41.4 Å². The average molecular weight is 414 g/mol. The average Bonchev–Trinajstić information content (AvgIpc) is 3.37. The highest BCUT2D eigenvalue weighted by Crippen LogP contribution is 2.24. The molecular formula is C23H35N5O2. The number of aryl methyl sites for hydroxylation is 1. The van der Waals surface area contributed by atoms with Crippen molar-refractivity contribution in [3.05, 3.63) is 47.5 Å². The van der Waals surface area contributed by atoms with E-state index in [0.29, 0.717) is 25.6 Å². The second-order valence-electron chi connectivity index (χ2n) is 8.15. The second-order valence-corrected chi connectivity index (χ2v) is 8.15. The highest BCUT2D eigenvalue weighted by Gasteiger charge is 2.18. The van der Waals surface area contributed by atoms with Crippen LogP contribution < -0.4 is 15.4 Å². The number of nitrogens with one attached hydrogen (secondary N) is 2. The molecule has 3 rings (SSSR count). The van der Waals surface area contributed by atoms with Crippen LogP contribution in [0, 0.1) is 12.8 Å². The molecule has 1 aromatic heterocycles. The zero-order chi connectivity index (χ0) is 21.3. The number of hydrogen-bond acceptors (Lipinski definition) is 4. The lowest BCUT2D eigenvalue weighted by Gasteiger charge is -2.17. The van der Waals surface area contributed by atoms with Crippen LogP contribution in [0.25, 0.3) is 0 Å². The van der Waals surface area contributed by atoms with E-state index in [1.54, 1.807) is 0 Å². The van der Waals surface area contributed by atoms with Gasteiger partial charge >= 0.3 is 0 Å². The van der Waals surface area contributed by atoms with Gasteiger partial charge in [-0.25, -0.2) is 9.98 Å². The van der Waals surface area contributed by atoms with Crippen molar-refractivity contribution in [3.8, 4) is 5.75 Å². The summed E-state index contributed by atoms with van der Waals surface area (Å²) in [6.45, 7) is 12.9. The van der Waals surface area contributed by atoms with E-state index in [0.717, 1.165) is 49.2 Å². The first-order valence-electron chi connectivity index (χ1n) is 10.9. The van der Waals surface area contributed by atoms with Gasteiger partial charge in [0.25, 0.3) is 0 Å². The molecule has 7 nitrogen and oxygen atoms in total. The summed E-state index contributed by atoms with van der Waals surface area (Å²) in [4.78, 5) is 9.27. The Balaban J connectivity index is 1.66. The lowest BCUT2D eigenvalue weighted by Crippen LogP contribution is -2.37. The zero-order valence-electron chi connectivity index (χ0n) is 18.6. The van der Waals surface area contributed by atoms with Gasteiger partial charge in [0.2, 0.25) is 0 Å². The Morgan fingerprint density at radius 3 is 2.97 bits per heavy atom. The van der Waals surface area contributed by atoms with Gasteiger partial charge in [-0.2, -0.15) is 0 Å². The molecule has 0 spiro atoms. The quantitative estimate of drug-likeness (QED) is 0.488. The SMILES string of the molecule is CCNC(=NCc1ccc(C)cc1OC1CCOC1)NCc1nccn1CC(C)C. The van der Waals surface area contributed by atoms with Crippen LogP contribution in [0.4, 0.5) is 0 Å². The number of imidazole rings is 1. The maximum Gasteiger partial charge on any atom is 0.191 e. The summed E-state index contributed by atoms with van der Waals surface area (Å²) in [5.41, 5.74) is 2.25. The fourth-order valence-corrected chi connectivity index (χ4v) is 3.42. The summed E-state index contributed by atoms with van der Waals surface area (Å²) in [6, 6.07) is 6.29. The molecule has 1 aliphatic rings. The second kappa shape index (κ2) is 11.0. The molecule has 1 saturated heterocycles. The number of aromatic nitrogens is 2. The van der Waals surface area contributed by atoms with Crippen molar-refractivity contribution < 1.29 is 9.47 Å². The molecule has 2 aromatic rings. The molecule has 7 heteroatoms. The summed E-state index contributed by atoms with van der Waals surface area (Å²) < 4.78 is 13.8. The molecule has 0 aliphatic carbocycles. The number of rotatable bonds is 9. The Kier molecular flexibility index (Phi) is 8.13. The first-order chi connectivity index (χ1) is 14.5. The molecule has 0 radical (unpaired) electrons. The molecule has 2 N–H and O–H groups in total. The molecule has 30 heavy (non-hydrogen) atoms. The van der Waals surface area contributed by atoms with E-state index in [2.05, 4.69) is 66.1 Å². The minimum absolute atomic E-state index is 0.126. The number of hydrogen-bond donors (Lipinski definition) is 2. The van der Waals surface area contributed by atoms with Crippen molar-refractivity contribution in [2.75, 3.05) is 19.8 Å². The maximum absolute atomic E-state index is 6.20. The third-order valence-electron chi connectivity index (χ3n) is 4.93. The topological polar surface area (TPSA) is 72.7 Å². The van der Waals surface area contributed by atoms with E-state index < -0.39 is 0 Å². The molecule has 1 aromatic carbocycles. The molecule has 0 amide bonds. The molecule has 0 saturated carbocycles. The van der Waals surface area contributed by atoms with Crippen LogP contribution in [0.15, 0.2) is 35.6 Å². The Labute approximate surface area is 179 Å². The van der Waals surface area contributed by atoms with Gasteiger partial charge in [-0.3, -0.25) is 0 Å². The molecule has 0 bridgehead atoms. The summed E-state index contributed by atoms with van der Waals surface area (Å²) in [5, 5.41) is 6.73. The van der Waals surface area contributed by atoms with E-state index >= 15 is 0 Å². The smallest absolute Gasteiger partial charge is 0.191 e. The zero-order valence-corrected chi connectivity index (χ0v) is 18.6. The molecule has 2 heterocycles. The lowest BCUT2D eigenvalue weighted by molar-refractivity contribution is 0.140. The Morgan fingerprint density at radius 2 is 2.23 bits per heavy atom. The van der Waals surface area contributed by atoms with Gasteiger partial charge in [-0.1, -0.05) is 26.0 Å². The minimum atomic E-state index is 0.126. The minimum Gasteiger partial charge on any atom is -0.488 e. The van der Waals surface area contributed by atoms with Gasteiger partial charge in [0.05, 0.1) is 26.3 Å². The summed E-state index contributed by atoms with van der Waals surface area (Å²) in [7, 11) is 0. The number of guanidine groups is 1. The summed E-state index contributed by atoms with van der Waals surface area (Å²) in [5.74, 6) is 3.25. The molecule has 1 atom stereocenters. The van der Waals surface area contributed by atoms with Gasteiger partial charge in [0.15, 0.2) is 5.96 Å². The van der Waals surface area contributed by atoms with Gasteiger partial charge in [-0.15, -0.1) is 0 Å². The van der Waals surface area contributed by atoms with Crippen molar-refractivity contribution in [2.45, 2.75) is 59.9 Å². The van der Waals surface area contributed by atoms with E-state index in [1.165, 1.54) is 5.56 Å². The maximum atomic E-state index is 6.20. The van der Waals surface area contributed by atoms with Crippen molar-refractivity contribution in [2.24, 2.45) is 10.9 Å². The Morgan fingerprint density at radius 1 is 1.37 bits per heavy atom. The Hall–Kier alpha value is -2.54. The third kappa shape index (κ3) is 6.49. The molecule has 1 unspecified atom stereocenters. The molecule has 164 valence electrons. The number of benzene rings is 1. The monoisotopic (exact) mass is 413 g/mol. The van der Waals surface area contributed by atoms with E-state index in [4.69, 9.17) is 14.5 Å². The van der Waals surface area contributed by atoms with Crippen LogP contribution >= 0.6 is 0 Å². The number of nitrogens with zero attached hydrogens (tertiary/aromatic N) is 3. The largest absolute Gasteiger partial charge is 0.488 e. The van der Waals surface area contributed by atoms with E-state index in [1.807, 2.05) is 12.4 Å². The Bertz CT molecular complexity index is 825. The van der Waals surface area contributed by atoms with E-state index in [-0.39, 0.29) is 6.10 Å². The van der Waals surface area contributed by atoms with Crippen LogP contribution in [0.5, 0.6) is 5.75 Å². The van der Waals surface area contributed by atoms with Crippen molar-refractivity contribution in [3.63, 3.8) is 0 Å². The molecular weight excluding hydrogens is 378 g/mol. The van der Waals surface area contributed by atoms with Crippen LogP contribution in [0.2, 0.25) is 0 Å². The fraction of sp³-hybridized carbons (Fsp3) is 0.565. The molecule has 1 aliphatic heterocycles. The predicted molar refractivity (Wildman–Crippen MR) is 120 cm³/mol. The standard InChI is InChI=1S/C23H35N5O2/c1-5-24-23(27-14-22-25-9-10-28(22)15-17(2)3)26-13-19-7-6-18(4)12-21(19)30-20-8-11-29-16-20/h6-7,9-10,12,17,20H,5,8,11,13-16H2,1-4H3,(H2,24,26,27). The van der Waals surface area contributed by atoms with Crippen molar-refractivity contribution in [1.82, 2.24) is 20.2 Å². The number of ether oxygens (including phenoxy) is 2. The van der Waals surface area contributed by atoms with Crippen LogP contribution in [0.1, 0.15) is 44.1 Å². The first kappa shape index (κ1) is 22.2. The normalized spacial score (nSPS) is 16.8. The van der Waals surface area contributed by atoms with Crippen LogP contribution in [-0.2, 0) is 24.4 Å². The first-order valence-corrected chi connectivity index (χ1v) is 10.9. The summed E-state index contributed by atoms with van der Waals surface area (Å²) >= 11 is 0. The molecule has 1 fully saturated rings. The van der Waals surface area contributed by atoms with Crippen LogP contribution in [0.3, 0.4) is 0 Å². The van der Waals surface area contributed by atoms with Crippen molar-refractivity contribution in [1.29, 1.82) is 0 Å². The van der Waals surface area contributed by atoms with Gasteiger partial charge < -0.3 is 24.7 Å². The van der Waals surface area contributed by atoms with Crippen molar-refractivity contribution >= 4 is 5.96 Å². The van der Waals surface area contributed by atoms with Gasteiger partial charge in [0.1, 0.15) is 17.7 Å². The predicted octanol–water partition coefficient (Wildman–Crippen LogP) is 3.27. The van der Waals surface area contributed by atoms with E-state index in [9.17, 15) is 0 Å². The van der Waals surface area contributed by atoms with Gasteiger partial charge in [-0.05, 0) is 31.4 Å². The highest BCUT2D eigenvalue weighted by molar-refractivity contribution is 5.79. The summed E-state index contributed by atoms with van der Waals surface area (Å²) in [6.07, 6.45) is 4.94. The van der Waals surface area contributed by atoms with Gasteiger partial charge in [0, 0.05) is 37.5 Å². The number of aliphatic imine (C=N–C) groups is 1.